The third kappa shape index (κ3) is 2.87. The van der Waals surface area contributed by atoms with Gasteiger partial charge in [-0.3, -0.25) is 4.79 Å². The molecule has 0 atom stereocenters. The summed E-state index contributed by atoms with van der Waals surface area (Å²) in [6, 6.07) is 14.0. The summed E-state index contributed by atoms with van der Waals surface area (Å²) in [5.74, 6) is 1.05. The molecule has 1 saturated carbocycles. The quantitative estimate of drug-likeness (QED) is 0.756. The molecule has 4 nitrogen and oxygen atoms in total. The van der Waals surface area contributed by atoms with Crippen LogP contribution in [0.25, 0.3) is 5.52 Å². The van der Waals surface area contributed by atoms with Gasteiger partial charge in [0.25, 0.3) is 0 Å². The number of carbonyl (C=O) groups is 1. The van der Waals surface area contributed by atoms with Crippen LogP contribution < -0.4 is 10.5 Å². The Morgan fingerprint density at radius 2 is 1.96 bits per heavy atom. The third-order valence-electron chi connectivity index (χ3n) is 4.50. The summed E-state index contributed by atoms with van der Waals surface area (Å²) in [6.07, 6.45) is 6.75. The van der Waals surface area contributed by atoms with Crippen LogP contribution in [0.5, 0.6) is 5.75 Å². The number of pyridine rings is 1. The predicted octanol–water partition coefficient (Wildman–Crippen LogP) is 3.42. The van der Waals surface area contributed by atoms with E-state index in [0.29, 0.717) is 12.5 Å². The van der Waals surface area contributed by atoms with Crippen molar-refractivity contribution < 1.29 is 9.53 Å². The standard InChI is InChI=1S/C20H20N2O2/c21-19(23)11-16-17(15-8-9-15)12-22-10-4-7-18(20(16)22)24-13-14-5-2-1-3-6-14/h1-7,10,12,15H,8-9,11,13H2,(H2,21,23). The Labute approximate surface area is 140 Å². The molecule has 2 N–H and O–H groups in total. The summed E-state index contributed by atoms with van der Waals surface area (Å²) in [6.45, 7) is 0.500. The average molecular weight is 320 g/mol. The Balaban J connectivity index is 1.73. The largest absolute Gasteiger partial charge is 0.487 e. The van der Waals surface area contributed by atoms with E-state index in [0.717, 1.165) is 22.4 Å². The van der Waals surface area contributed by atoms with Gasteiger partial charge >= 0.3 is 0 Å². The molecule has 0 saturated heterocycles. The van der Waals surface area contributed by atoms with Gasteiger partial charge in [-0.05, 0) is 47.6 Å². The maximum atomic E-state index is 11.6. The third-order valence-corrected chi connectivity index (χ3v) is 4.50. The van der Waals surface area contributed by atoms with Crippen LogP contribution in [-0.2, 0) is 17.8 Å². The molecule has 1 aliphatic carbocycles. The molecule has 4 heteroatoms. The van der Waals surface area contributed by atoms with Gasteiger partial charge in [-0.15, -0.1) is 0 Å². The first kappa shape index (κ1) is 14.8. The van der Waals surface area contributed by atoms with E-state index in [2.05, 4.69) is 10.6 Å². The monoisotopic (exact) mass is 320 g/mol. The topological polar surface area (TPSA) is 56.7 Å². The Bertz CT molecular complexity index is 879. The summed E-state index contributed by atoms with van der Waals surface area (Å²) in [5, 5.41) is 0. The smallest absolute Gasteiger partial charge is 0.221 e. The molecule has 0 spiro atoms. The molecule has 2 heterocycles. The number of nitrogens with zero attached hydrogens (tertiary/aromatic N) is 1. The van der Waals surface area contributed by atoms with Crippen molar-refractivity contribution in [2.24, 2.45) is 5.73 Å². The van der Waals surface area contributed by atoms with Crippen LogP contribution in [0, 0.1) is 0 Å². The second kappa shape index (κ2) is 6.04. The number of aromatic nitrogens is 1. The molecule has 0 aliphatic heterocycles. The maximum absolute atomic E-state index is 11.6. The lowest BCUT2D eigenvalue weighted by atomic mass is 10.0. The van der Waals surface area contributed by atoms with Gasteiger partial charge in [-0.2, -0.15) is 0 Å². The number of fused-ring (bicyclic) bond motifs is 1. The highest BCUT2D eigenvalue weighted by Crippen LogP contribution is 2.44. The number of carbonyl (C=O) groups excluding carboxylic acids is 1. The van der Waals surface area contributed by atoms with Crippen LogP contribution in [0.15, 0.2) is 54.9 Å². The first-order valence-electron chi connectivity index (χ1n) is 8.30. The number of hydrogen-bond acceptors (Lipinski definition) is 2. The van der Waals surface area contributed by atoms with Gasteiger partial charge in [-0.1, -0.05) is 30.3 Å². The molecule has 3 aromatic rings. The fourth-order valence-electron chi connectivity index (χ4n) is 3.24. The zero-order valence-corrected chi connectivity index (χ0v) is 13.4. The highest BCUT2D eigenvalue weighted by Gasteiger charge is 2.29. The SMILES string of the molecule is NC(=O)Cc1c(C2CC2)cn2cccc(OCc3ccccc3)c12. The minimum atomic E-state index is -0.303. The second-order valence-electron chi connectivity index (χ2n) is 6.38. The molecule has 0 unspecified atom stereocenters. The van der Waals surface area contributed by atoms with Crippen molar-refractivity contribution in [3.05, 3.63) is 71.5 Å². The van der Waals surface area contributed by atoms with Crippen LogP contribution in [-0.4, -0.2) is 10.3 Å². The molecule has 1 fully saturated rings. The van der Waals surface area contributed by atoms with E-state index < -0.39 is 0 Å². The van der Waals surface area contributed by atoms with Crippen LogP contribution in [0.2, 0.25) is 0 Å². The summed E-state index contributed by atoms with van der Waals surface area (Å²) in [4.78, 5) is 11.6. The van der Waals surface area contributed by atoms with Crippen molar-refractivity contribution in [3.63, 3.8) is 0 Å². The summed E-state index contributed by atoms with van der Waals surface area (Å²) in [7, 11) is 0. The average Bonchev–Trinajstić information content (AvgIpc) is 3.37. The molecule has 0 radical (unpaired) electrons. The van der Waals surface area contributed by atoms with Gasteiger partial charge in [0.1, 0.15) is 12.4 Å². The number of rotatable bonds is 6. The van der Waals surface area contributed by atoms with E-state index in [1.54, 1.807) is 0 Å². The minimum Gasteiger partial charge on any atom is -0.487 e. The van der Waals surface area contributed by atoms with E-state index >= 15 is 0 Å². The molecule has 0 bridgehead atoms. The van der Waals surface area contributed by atoms with Crippen molar-refractivity contribution in [2.75, 3.05) is 0 Å². The number of primary amides is 1. The summed E-state index contributed by atoms with van der Waals surface area (Å²) in [5.41, 5.74) is 9.83. The second-order valence-corrected chi connectivity index (χ2v) is 6.38. The van der Waals surface area contributed by atoms with Crippen LogP contribution in [0.4, 0.5) is 0 Å². The predicted molar refractivity (Wildman–Crippen MR) is 93.0 cm³/mol. The Morgan fingerprint density at radius 3 is 2.67 bits per heavy atom. The fraction of sp³-hybridized carbons (Fsp3) is 0.250. The van der Waals surface area contributed by atoms with E-state index in [1.807, 2.05) is 48.7 Å². The van der Waals surface area contributed by atoms with Gasteiger partial charge in [-0.25, -0.2) is 0 Å². The Hall–Kier alpha value is -2.75. The van der Waals surface area contributed by atoms with Gasteiger partial charge < -0.3 is 14.9 Å². The summed E-state index contributed by atoms with van der Waals surface area (Å²) < 4.78 is 8.13. The van der Waals surface area contributed by atoms with Crippen molar-refractivity contribution in [3.8, 4) is 5.75 Å². The number of ether oxygens (including phenoxy) is 1. The van der Waals surface area contributed by atoms with Crippen LogP contribution in [0.3, 0.4) is 0 Å². The maximum Gasteiger partial charge on any atom is 0.221 e. The lowest BCUT2D eigenvalue weighted by Gasteiger charge is -2.10. The Kier molecular flexibility index (Phi) is 3.73. The molecule has 122 valence electrons. The van der Waals surface area contributed by atoms with Gasteiger partial charge in [0.05, 0.1) is 11.9 Å². The zero-order valence-electron chi connectivity index (χ0n) is 13.4. The molecular weight excluding hydrogens is 300 g/mol. The number of amides is 1. The van der Waals surface area contributed by atoms with E-state index in [1.165, 1.54) is 18.4 Å². The number of benzene rings is 1. The van der Waals surface area contributed by atoms with E-state index in [4.69, 9.17) is 10.5 Å². The fourth-order valence-corrected chi connectivity index (χ4v) is 3.24. The molecule has 1 aromatic carbocycles. The van der Waals surface area contributed by atoms with Gasteiger partial charge in [0.15, 0.2) is 0 Å². The molecule has 4 rings (SSSR count). The van der Waals surface area contributed by atoms with Crippen molar-refractivity contribution >= 4 is 11.4 Å². The first-order chi connectivity index (χ1) is 11.7. The number of hydrogen-bond donors (Lipinski definition) is 1. The summed E-state index contributed by atoms with van der Waals surface area (Å²) >= 11 is 0. The highest BCUT2D eigenvalue weighted by atomic mass is 16.5. The molecular formula is C20H20N2O2. The van der Waals surface area contributed by atoms with Crippen molar-refractivity contribution in [1.82, 2.24) is 4.40 Å². The van der Waals surface area contributed by atoms with Gasteiger partial charge in [0, 0.05) is 12.4 Å². The van der Waals surface area contributed by atoms with E-state index in [-0.39, 0.29) is 12.3 Å². The lowest BCUT2D eigenvalue weighted by molar-refractivity contribution is -0.117. The molecule has 2 aromatic heterocycles. The van der Waals surface area contributed by atoms with Crippen molar-refractivity contribution in [1.29, 1.82) is 0 Å². The Morgan fingerprint density at radius 1 is 1.17 bits per heavy atom. The molecule has 24 heavy (non-hydrogen) atoms. The first-order valence-corrected chi connectivity index (χ1v) is 8.30. The van der Waals surface area contributed by atoms with Crippen molar-refractivity contribution in [2.45, 2.75) is 31.8 Å². The highest BCUT2D eigenvalue weighted by molar-refractivity contribution is 5.82. The van der Waals surface area contributed by atoms with Gasteiger partial charge in [0.2, 0.25) is 5.91 Å². The van der Waals surface area contributed by atoms with Crippen LogP contribution >= 0.6 is 0 Å². The molecule has 1 amide bonds. The molecule has 1 aliphatic rings. The normalized spacial score (nSPS) is 14.0. The minimum absolute atomic E-state index is 0.258. The van der Waals surface area contributed by atoms with E-state index in [9.17, 15) is 4.79 Å². The zero-order chi connectivity index (χ0) is 16.5. The van der Waals surface area contributed by atoms with Crippen LogP contribution in [0.1, 0.15) is 35.4 Å². The lowest BCUT2D eigenvalue weighted by Crippen LogP contribution is -2.14. The number of nitrogens with two attached hydrogens (primary N) is 1.